The van der Waals surface area contributed by atoms with Gasteiger partial charge < -0.3 is 20.8 Å². The highest BCUT2D eigenvalue weighted by Gasteiger charge is 2.33. The van der Waals surface area contributed by atoms with Gasteiger partial charge in [-0.3, -0.25) is 0 Å². The Labute approximate surface area is 117 Å². The zero-order valence-electron chi connectivity index (χ0n) is 11.1. The summed E-state index contributed by atoms with van der Waals surface area (Å²) in [5, 5.41) is 22.7. The molecule has 0 heterocycles. The number of carboxylic acid groups (broad SMARTS) is 1. The summed E-state index contributed by atoms with van der Waals surface area (Å²) in [4.78, 5) is 22.5. The van der Waals surface area contributed by atoms with Gasteiger partial charge in [-0.1, -0.05) is 12.8 Å². The first-order valence-corrected chi connectivity index (χ1v) is 7.69. The Morgan fingerprint density at radius 3 is 2.47 bits per heavy atom. The van der Waals surface area contributed by atoms with Crippen molar-refractivity contribution in [2.45, 2.75) is 42.9 Å². The summed E-state index contributed by atoms with van der Waals surface area (Å²) < 4.78 is 0.0903. The topological polar surface area (TPSA) is 98.7 Å². The smallest absolute Gasteiger partial charge is 0.326 e. The molecule has 1 saturated carbocycles. The van der Waals surface area contributed by atoms with Gasteiger partial charge in [0.1, 0.15) is 6.04 Å². The van der Waals surface area contributed by atoms with Crippen LogP contribution < -0.4 is 10.6 Å². The largest absolute Gasteiger partial charge is 0.480 e. The van der Waals surface area contributed by atoms with E-state index in [2.05, 4.69) is 10.6 Å². The number of nitrogens with one attached hydrogen (secondary N) is 2. The SMILES string of the molecule is CSC1(CNC(=O)N[C@H](CCO)C(=O)O)CCCC1. The van der Waals surface area contributed by atoms with Crippen LogP contribution in [0, 0.1) is 0 Å². The highest BCUT2D eigenvalue weighted by Crippen LogP contribution is 2.39. The number of aliphatic carboxylic acids is 1. The average Bonchev–Trinajstić information content (AvgIpc) is 2.85. The van der Waals surface area contributed by atoms with Gasteiger partial charge >= 0.3 is 12.0 Å². The predicted octanol–water partition coefficient (Wildman–Crippen LogP) is 0.797. The Bertz CT molecular complexity index is 319. The van der Waals surface area contributed by atoms with Crippen LogP contribution in [-0.4, -0.2) is 52.4 Å². The minimum absolute atomic E-state index is 0.0103. The molecule has 1 atom stereocenters. The molecule has 0 bridgehead atoms. The van der Waals surface area contributed by atoms with Crippen LogP contribution in [0.25, 0.3) is 0 Å². The van der Waals surface area contributed by atoms with Crippen molar-refractivity contribution in [2.75, 3.05) is 19.4 Å². The summed E-state index contributed by atoms with van der Waals surface area (Å²) in [6.07, 6.45) is 6.55. The Hall–Kier alpha value is -0.950. The minimum Gasteiger partial charge on any atom is -0.480 e. The van der Waals surface area contributed by atoms with Gasteiger partial charge in [0.25, 0.3) is 0 Å². The molecule has 0 spiro atoms. The second-order valence-corrected chi connectivity index (χ2v) is 6.10. The van der Waals surface area contributed by atoms with Gasteiger partial charge in [-0.25, -0.2) is 9.59 Å². The lowest BCUT2D eigenvalue weighted by atomic mass is 10.1. The van der Waals surface area contributed by atoms with Gasteiger partial charge in [0.05, 0.1) is 0 Å². The van der Waals surface area contributed by atoms with Crippen molar-refractivity contribution in [1.29, 1.82) is 0 Å². The first-order chi connectivity index (χ1) is 9.03. The summed E-state index contributed by atoms with van der Waals surface area (Å²) in [6.45, 7) is 0.275. The predicted molar refractivity (Wildman–Crippen MR) is 74.4 cm³/mol. The van der Waals surface area contributed by atoms with Gasteiger partial charge in [-0.05, 0) is 19.1 Å². The normalized spacial score (nSPS) is 18.8. The third-order valence-electron chi connectivity index (χ3n) is 3.54. The number of hydrogen-bond donors (Lipinski definition) is 4. The fraction of sp³-hybridized carbons (Fsp3) is 0.833. The third kappa shape index (κ3) is 4.91. The van der Waals surface area contributed by atoms with Crippen molar-refractivity contribution in [1.82, 2.24) is 10.6 Å². The number of carbonyl (C=O) groups is 2. The van der Waals surface area contributed by atoms with Crippen LogP contribution in [-0.2, 0) is 4.79 Å². The first-order valence-electron chi connectivity index (χ1n) is 6.46. The number of carbonyl (C=O) groups excluding carboxylic acids is 1. The van der Waals surface area contributed by atoms with Crippen molar-refractivity contribution in [3.05, 3.63) is 0 Å². The zero-order chi connectivity index (χ0) is 14.3. The monoisotopic (exact) mass is 290 g/mol. The van der Waals surface area contributed by atoms with E-state index in [1.165, 1.54) is 12.8 Å². The summed E-state index contributed by atoms with van der Waals surface area (Å²) in [5.41, 5.74) is 0. The number of amides is 2. The molecular formula is C12H22N2O4S. The number of urea groups is 1. The van der Waals surface area contributed by atoms with Crippen molar-refractivity contribution in [2.24, 2.45) is 0 Å². The van der Waals surface area contributed by atoms with E-state index in [9.17, 15) is 9.59 Å². The van der Waals surface area contributed by atoms with Crippen LogP contribution in [0.3, 0.4) is 0 Å². The Morgan fingerprint density at radius 2 is 2.00 bits per heavy atom. The highest BCUT2D eigenvalue weighted by molar-refractivity contribution is 8.00. The van der Waals surface area contributed by atoms with Crippen LogP contribution >= 0.6 is 11.8 Å². The van der Waals surface area contributed by atoms with E-state index in [-0.39, 0.29) is 17.8 Å². The van der Waals surface area contributed by atoms with Gasteiger partial charge in [-0.2, -0.15) is 11.8 Å². The van der Waals surface area contributed by atoms with Crippen molar-refractivity contribution in [3.8, 4) is 0 Å². The molecule has 1 aliphatic carbocycles. The third-order valence-corrected chi connectivity index (χ3v) is 4.96. The molecular weight excluding hydrogens is 268 g/mol. The molecule has 0 radical (unpaired) electrons. The molecule has 1 fully saturated rings. The summed E-state index contributed by atoms with van der Waals surface area (Å²) in [7, 11) is 0. The van der Waals surface area contributed by atoms with Crippen LogP contribution in [0.15, 0.2) is 0 Å². The average molecular weight is 290 g/mol. The molecule has 0 unspecified atom stereocenters. The van der Waals surface area contributed by atoms with Crippen molar-refractivity contribution >= 4 is 23.8 Å². The van der Waals surface area contributed by atoms with E-state index < -0.39 is 18.0 Å². The van der Waals surface area contributed by atoms with E-state index in [0.717, 1.165) is 12.8 Å². The highest BCUT2D eigenvalue weighted by atomic mass is 32.2. The van der Waals surface area contributed by atoms with Gasteiger partial charge in [0.2, 0.25) is 0 Å². The Balaban J connectivity index is 2.39. The lowest BCUT2D eigenvalue weighted by molar-refractivity contribution is -0.139. The quantitative estimate of drug-likeness (QED) is 0.556. The minimum atomic E-state index is -1.13. The molecule has 0 saturated heterocycles. The molecule has 1 rings (SSSR count). The molecule has 6 nitrogen and oxygen atoms in total. The molecule has 2 amide bonds. The Morgan fingerprint density at radius 1 is 1.37 bits per heavy atom. The molecule has 7 heteroatoms. The fourth-order valence-corrected chi connectivity index (χ4v) is 3.22. The zero-order valence-corrected chi connectivity index (χ0v) is 12.0. The van der Waals surface area contributed by atoms with E-state index in [1.54, 1.807) is 11.8 Å². The maximum Gasteiger partial charge on any atom is 0.326 e. The molecule has 0 aromatic carbocycles. The van der Waals surface area contributed by atoms with Crippen LogP contribution in [0.5, 0.6) is 0 Å². The molecule has 0 aliphatic heterocycles. The number of rotatable bonds is 7. The number of aliphatic hydroxyl groups is 1. The first kappa shape index (κ1) is 16.1. The standard InChI is InChI=1S/C12H22N2O4S/c1-19-12(5-2-3-6-12)8-13-11(18)14-9(4-7-15)10(16)17/h9,15H,2-8H2,1H3,(H,16,17)(H2,13,14,18)/t9-/m1/s1. The van der Waals surface area contributed by atoms with Gasteiger partial charge in [0.15, 0.2) is 0 Å². The summed E-state index contributed by atoms with van der Waals surface area (Å²) in [6, 6.07) is -1.53. The van der Waals surface area contributed by atoms with Gasteiger partial charge in [0, 0.05) is 24.3 Å². The van der Waals surface area contributed by atoms with Crippen LogP contribution in [0.1, 0.15) is 32.1 Å². The van der Waals surface area contributed by atoms with Gasteiger partial charge in [-0.15, -0.1) is 0 Å². The number of carboxylic acids is 1. The van der Waals surface area contributed by atoms with Crippen LogP contribution in [0.2, 0.25) is 0 Å². The lowest BCUT2D eigenvalue weighted by Gasteiger charge is -2.27. The van der Waals surface area contributed by atoms with Crippen molar-refractivity contribution in [3.63, 3.8) is 0 Å². The van der Waals surface area contributed by atoms with E-state index in [0.29, 0.717) is 6.54 Å². The molecule has 1 aliphatic rings. The summed E-state index contributed by atoms with van der Waals surface area (Å²) in [5.74, 6) is -1.13. The number of thioether (sulfide) groups is 1. The maximum atomic E-state index is 11.7. The summed E-state index contributed by atoms with van der Waals surface area (Å²) >= 11 is 1.76. The molecule has 19 heavy (non-hydrogen) atoms. The van der Waals surface area contributed by atoms with E-state index in [1.807, 2.05) is 6.26 Å². The number of hydrogen-bond acceptors (Lipinski definition) is 4. The Kier molecular flexibility index (Phi) is 6.44. The lowest BCUT2D eigenvalue weighted by Crippen LogP contribution is -2.49. The molecule has 4 N–H and O–H groups in total. The van der Waals surface area contributed by atoms with E-state index in [4.69, 9.17) is 10.2 Å². The van der Waals surface area contributed by atoms with E-state index >= 15 is 0 Å². The fourth-order valence-electron chi connectivity index (χ4n) is 2.31. The molecule has 0 aromatic heterocycles. The number of aliphatic hydroxyl groups excluding tert-OH is 1. The maximum absolute atomic E-state index is 11.7. The second kappa shape index (κ2) is 7.59. The van der Waals surface area contributed by atoms with Crippen LogP contribution in [0.4, 0.5) is 4.79 Å². The molecule has 0 aromatic rings. The second-order valence-electron chi connectivity index (χ2n) is 4.82. The van der Waals surface area contributed by atoms with Crippen molar-refractivity contribution < 1.29 is 19.8 Å². The molecule has 110 valence electrons.